The number of aromatic amines is 1. The number of H-pyrrole nitrogens is 1. The van der Waals surface area contributed by atoms with Crippen molar-refractivity contribution in [3.63, 3.8) is 0 Å². The van der Waals surface area contributed by atoms with Crippen LogP contribution < -0.4 is 5.32 Å². The molecule has 0 atom stereocenters. The summed E-state index contributed by atoms with van der Waals surface area (Å²) in [5.74, 6) is -0.230. The van der Waals surface area contributed by atoms with E-state index < -0.39 is 0 Å². The van der Waals surface area contributed by atoms with E-state index in [-0.39, 0.29) is 12.5 Å². The van der Waals surface area contributed by atoms with Gasteiger partial charge in [0.2, 0.25) is 0 Å². The number of amides is 1. The van der Waals surface area contributed by atoms with Gasteiger partial charge in [0, 0.05) is 18.5 Å². The second-order valence-electron chi connectivity index (χ2n) is 4.21. The summed E-state index contributed by atoms with van der Waals surface area (Å²) < 4.78 is 0. The summed E-state index contributed by atoms with van der Waals surface area (Å²) in [4.78, 5) is 14.7. The van der Waals surface area contributed by atoms with Gasteiger partial charge < -0.3 is 15.4 Å². The van der Waals surface area contributed by atoms with E-state index in [1.807, 2.05) is 24.3 Å². The predicted octanol–water partition coefficient (Wildman–Crippen LogP) is 2.85. The number of benzene rings is 1. The van der Waals surface area contributed by atoms with Gasteiger partial charge in [-0.3, -0.25) is 4.79 Å². The molecule has 2 rings (SSSR count). The van der Waals surface area contributed by atoms with Gasteiger partial charge in [-0.15, -0.1) is 0 Å². The van der Waals surface area contributed by atoms with Crippen molar-refractivity contribution in [3.8, 4) is 0 Å². The lowest BCUT2D eigenvalue weighted by molar-refractivity contribution is 0.102. The summed E-state index contributed by atoms with van der Waals surface area (Å²) in [5, 5.41) is 12.1. The Bertz CT molecular complexity index is 566. The molecule has 0 unspecified atom stereocenters. The third-order valence-corrected chi connectivity index (χ3v) is 2.92. The summed E-state index contributed by atoms with van der Waals surface area (Å²) in [5.41, 5.74) is 2.23. The molecule has 0 aliphatic heterocycles. The molecule has 0 fully saturated rings. The summed E-state index contributed by atoms with van der Waals surface area (Å²) in [6.45, 7) is 0.164. The van der Waals surface area contributed by atoms with Gasteiger partial charge in [-0.25, -0.2) is 0 Å². The molecule has 1 heterocycles. The van der Waals surface area contributed by atoms with E-state index in [1.54, 1.807) is 12.3 Å². The number of carbonyl (C=O) groups excluding carboxylic acids is 1. The van der Waals surface area contributed by atoms with Gasteiger partial charge in [0.1, 0.15) is 5.69 Å². The standard InChI is InChI=1S/C14H15ClN2O2/c15-11-8-13(16-9-11)14(19)17-12-5-1-3-10(7-12)4-2-6-18/h1,3,5,7-9,16,18H,2,4,6H2,(H,17,19). The number of aryl methyl sites for hydroxylation is 1. The molecular formula is C14H15ClN2O2. The Balaban J connectivity index is 2.04. The molecule has 2 aromatic rings. The summed E-state index contributed by atoms with van der Waals surface area (Å²) in [6.07, 6.45) is 3.06. The van der Waals surface area contributed by atoms with Crippen molar-refractivity contribution in [3.05, 3.63) is 52.8 Å². The highest BCUT2D eigenvalue weighted by Crippen LogP contribution is 2.15. The SMILES string of the molecule is O=C(Nc1cccc(CCCO)c1)c1cc(Cl)c[nH]1. The van der Waals surface area contributed by atoms with Crippen LogP contribution in [0.25, 0.3) is 0 Å². The van der Waals surface area contributed by atoms with Crippen molar-refractivity contribution in [2.75, 3.05) is 11.9 Å². The van der Waals surface area contributed by atoms with E-state index in [0.29, 0.717) is 17.1 Å². The number of rotatable bonds is 5. The quantitative estimate of drug-likeness (QED) is 0.787. The minimum Gasteiger partial charge on any atom is -0.396 e. The largest absolute Gasteiger partial charge is 0.396 e. The lowest BCUT2D eigenvalue weighted by atomic mass is 10.1. The van der Waals surface area contributed by atoms with E-state index in [0.717, 1.165) is 17.7 Å². The summed E-state index contributed by atoms with van der Waals surface area (Å²) in [6, 6.07) is 9.15. The molecule has 0 saturated carbocycles. The number of halogens is 1. The van der Waals surface area contributed by atoms with Gasteiger partial charge in [-0.2, -0.15) is 0 Å². The third kappa shape index (κ3) is 3.84. The molecule has 5 heteroatoms. The van der Waals surface area contributed by atoms with Crippen molar-refractivity contribution in [1.29, 1.82) is 0 Å². The van der Waals surface area contributed by atoms with Gasteiger partial charge in [-0.05, 0) is 36.6 Å². The van der Waals surface area contributed by atoms with Crippen LogP contribution in [0.2, 0.25) is 5.02 Å². The molecule has 1 amide bonds. The normalized spacial score (nSPS) is 10.4. The maximum Gasteiger partial charge on any atom is 0.272 e. The Kier molecular flexibility index (Phi) is 4.60. The molecular weight excluding hydrogens is 264 g/mol. The molecule has 1 aromatic carbocycles. The molecule has 0 radical (unpaired) electrons. The first-order valence-electron chi connectivity index (χ1n) is 6.04. The molecule has 0 spiro atoms. The van der Waals surface area contributed by atoms with Gasteiger partial charge in [-0.1, -0.05) is 23.7 Å². The second kappa shape index (κ2) is 6.41. The molecule has 100 valence electrons. The molecule has 1 aromatic heterocycles. The number of anilines is 1. The smallest absolute Gasteiger partial charge is 0.272 e. The van der Waals surface area contributed by atoms with Crippen molar-refractivity contribution < 1.29 is 9.90 Å². The fourth-order valence-corrected chi connectivity index (χ4v) is 1.95. The van der Waals surface area contributed by atoms with E-state index in [2.05, 4.69) is 10.3 Å². The Morgan fingerprint density at radius 1 is 1.37 bits per heavy atom. The molecule has 4 nitrogen and oxygen atoms in total. The van der Waals surface area contributed by atoms with Crippen molar-refractivity contribution in [2.24, 2.45) is 0 Å². The zero-order valence-corrected chi connectivity index (χ0v) is 11.1. The molecule has 19 heavy (non-hydrogen) atoms. The zero-order chi connectivity index (χ0) is 13.7. The number of hydrogen-bond donors (Lipinski definition) is 3. The van der Waals surface area contributed by atoms with Crippen LogP contribution in [0.15, 0.2) is 36.5 Å². The monoisotopic (exact) mass is 278 g/mol. The number of aliphatic hydroxyl groups excluding tert-OH is 1. The number of nitrogens with one attached hydrogen (secondary N) is 2. The number of aromatic nitrogens is 1. The number of hydrogen-bond acceptors (Lipinski definition) is 2. The first-order chi connectivity index (χ1) is 9.19. The lowest BCUT2D eigenvalue weighted by Crippen LogP contribution is -2.12. The Morgan fingerprint density at radius 2 is 2.21 bits per heavy atom. The molecule has 0 aliphatic rings. The van der Waals surface area contributed by atoms with Crippen LogP contribution in [0.3, 0.4) is 0 Å². The van der Waals surface area contributed by atoms with Crippen LogP contribution in [-0.4, -0.2) is 22.6 Å². The van der Waals surface area contributed by atoms with Crippen LogP contribution in [0, 0.1) is 0 Å². The lowest BCUT2D eigenvalue weighted by Gasteiger charge is -2.06. The van der Waals surface area contributed by atoms with Gasteiger partial charge in [0.25, 0.3) is 5.91 Å². The Morgan fingerprint density at radius 3 is 2.89 bits per heavy atom. The minimum absolute atomic E-state index is 0.164. The van der Waals surface area contributed by atoms with Gasteiger partial charge in [0.05, 0.1) is 5.02 Å². The average Bonchev–Trinajstić information content (AvgIpc) is 2.83. The van der Waals surface area contributed by atoms with Crippen LogP contribution >= 0.6 is 11.6 Å². The van der Waals surface area contributed by atoms with Crippen LogP contribution in [-0.2, 0) is 6.42 Å². The topological polar surface area (TPSA) is 65.1 Å². The van der Waals surface area contributed by atoms with Crippen molar-refractivity contribution in [1.82, 2.24) is 4.98 Å². The van der Waals surface area contributed by atoms with Crippen LogP contribution in [0.1, 0.15) is 22.5 Å². The summed E-state index contributed by atoms with van der Waals surface area (Å²) >= 11 is 5.75. The zero-order valence-electron chi connectivity index (χ0n) is 10.3. The van der Waals surface area contributed by atoms with Crippen LogP contribution in [0.5, 0.6) is 0 Å². The Hall–Kier alpha value is -1.78. The molecule has 3 N–H and O–H groups in total. The fraction of sp³-hybridized carbons (Fsp3) is 0.214. The Labute approximate surface area is 116 Å². The first kappa shape index (κ1) is 13.6. The predicted molar refractivity (Wildman–Crippen MR) is 75.6 cm³/mol. The van der Waals surface area contributed by atoms with Gasteiger partial charge >= 0.3 is 0 Å². The third-order valence-electron chi connectivity index (χ3n) is 2.70. The minimum atomic E-state index is -0.230. The van der Waals surface area contributed by atoms with Crippen molar-refractivity contribution >= 4 is 23.2 Å². The first-order valence-corrected chi connectivity index (χ1v) is 6.42. The van der Waals surface area contributed by atoms with E-state index in [9.17, 15) is 4.79 Å². The number of carbonyl (C=O) groups is 1. The van der Waals surface area contributed by atoms with Crippen molar-refractivity contribution in [2.45, 2.75) is 12.8 Å². The second-order valence-corrected chi connectivity index (χ2v) is 4.65. The van der Waals surface area contributed by atoms with E-state index >= 15 is 0 Å². The van der Waals surface area contributed by atoms with E-state index in [4.69, 9.17) is 16.7 Å². The molecule has 0 saturated heterocycles. The highest BCUT2D eigenvalue weighted by Gasteiger charge is 2.08. The highest BCUT2D eigenvalue weighted by atomic mass is 35.5. The highest BCUT2D eigenvalue weighted by molar-refractivity contribution is 6.31. The maximum absolute atomic E-state index is 11.9. The molecule has 0 bridgehead atoms. The molecule has 0 aliphatic carbocycles. The average molecular weight is 279 g/mol. The fourth-order valence-electron chi connectivity index (χ4n) is 1.79. The number of aliphatic hydroxyl groups is 1. The van der Waals surface area contributed by atoms with Crippen LogP contribution in [0.4, 0.5) is 5.69 Å². The maximum atomic E-state index is 11.9. The van der Waals surface area contributed by atoms with E-state index in [1.165, 1.54) is 0 Å². The summed E-state index contributed by atoms with van der Waals surface area (Å²) in [7, 11) is 0. The van der Waals surface area contributed by atoms with Gasteiger partial charge in [0.15, 0.2) is 0 Å².